The lowest BCUT2D eigenvalue weighted by molar-refractivity contribution is -0.141. The van der Waals surface area contributed by atoms with Crippen LogP contribution in [0.1, 0.15) is 12.5 Å². The van der Waals surface area contributed by atoms with E-state index in [1.165, 1.54) is 0 Å². The minimum absolute atomic E-state index is 0.370. The Hall–Kier alpha value is -1.84. The van der Waals surface area contributed by atoms with E-state index in [9.17, 15) is 4.79 Å². The first-order valence-corrected chi connectivity index (χ1v) is 5.21. The van der Waals surface area contributed by atoms with E-state index in [2.05, 4.69) is 4.98 Å². The van der Waals surface area contributed by atoms with Gasteiger partial charge in [0.1, 0.15) is 5.65 Å². The van der Waals surface area contributed by atoms with Crippen LogP contribution < -0.4 is 0 Å². The fourth-order valence-corrected chi connectivity index (χ4v) is 1.87. The largest absolute Gasteiger partial charge is 0.481 e. The number of pyridine rings is 1. The molecule has 0 bridgehead atoms. The molecular formula is C12H14N2O2. The number of aliphatic carboxylic acids is 1. The first-order valence-electron chi connectivity index (χ1n) is 5.21. The smallest absolute Gasteiger partial charge is 0.306 e. The second kappa shape index (κ2) is 3.96. The molecular weight excluding hydrogens is 204 g/mol. The Morgan fingerprint density at radius 3 is 3.06 bits per heavy atom. The van der Waals surface area contributed by atoms with Gasteiger partial charge in [0.15, 0.2) is 0 Å². The van der Waals surface area contributed by atoms with Crippen LogP contribution in [-0.4, -0.2) is 20.6 Å². The Kier molecular flexibility index (Phi) is 2.64. The van der Waals surface area contributed by atoms with Gasteiger partial charge in [0.05, 0.1) is 5.92 Å². The summed E-state index contributed by atoms with van der Waals surface area (Å²) in [6.45, 7) is 1.72. The predicted molar refractivity (Wildman–Crippen MR) is 61.2 cm³/mol. The highest BCUT2D eigenvalue weighted by Gasteiger charge is 2.15. The summed E-state index contributed by atoms with van der Waals surface area (Å²) in [5, 5.41) is 9.94. The van der Waals surface area contributed by atoms with Crippen LogP contribution in [0.4, 0.5) is 0 Å². The number of fused-ring (bicyclic) bond motifs is 1. The van der Waals surface area contributed by atoms with Gasteiger partial charge < -0.3 is 9.67 Å². The van der Waals surface area contributed by atoms with Crippen molar-refractivity contribution in [3.05, 3.63) is 30.1 Å². The number of nitrogens with zero attached hydrogens (tertiary/aromatic N) is 2. The number of rotatable bonds is 3. The molecule has 0 amide bonds. The second-order valence-corrected chi connectivity index (χ2v) is 4.08. The van der Waals surface area contributed by atoms with Gasteiger partial charge >= 0.3 is 5.97 Å². The molecule has 2 rings (SSSR count). The number of aryl methyl sites for hydroxylation is 1. The van der Waals surface area contributed by atoms with Crippen LogP contribution in [0.5, 0.6) is 0 Å². The fraction of sp³-hybridized carbons (Fsp3) is 0.333. The van der Waals surface area contributed by atoms with Gasteiger partial charge in [-0.1, -0.05) is 6.92 Å². The summed E-state index contributed by atoms with van der Waals surface area (Å²) < 4.78 is 1.93. The highest BCUT2D eigenvalue weighted by Crippen LogP contribution is 2.21. The molecule has 4 nitrogen and oxygen atoms in total. The quantitative estimate of drug-likeness (QED) is 0.855. The molecule has 0 aliphatic heterocycles. The maximum absolute atomic E-state index is 10.8. The van der Waals surface area contributed by atoms with Gasteiger partial charge in [-0.3, -0.25) is 4.79 Å². The molecule has 4 heteroatoms. The van der Waals surface area contributed by atoms with Crippen LogP contribution in [-0.2, 0) is 18.3 Å². The van der Waals surface area contributed by atoms with Crippen molar-refractivity contribution >= 4 is 17.0 Å². The summed E-state index contributed by atoms with van der Waals surface area (Å²) in [5.74, 6) is -1.13. The van der Waals surface area contributed by atoms with Gasteiger partial charge in [0.2, 0.25) is 0 Å². The highest BCUT2D eigenvalue weighted by atomic mass is 16.4. The van der Waals surface area contributed by atoms with Crippen molar-refractivity contribution in [3.63, 3.8) is 0 Å². The van der Waals surface area contributed by atoms with Gasteiger partial charge in [-0.05, 0) is 24.1 Å². The number of carbonyl (C=O) groups is 1. The molecule has 84 valence electrons. The zero-order valence-electron chi connectivity index (χ0n) is 9.34. The summed E-state index contributed by atoms with van der Waals surface area (Å²) in [5.41, 5.74) is 1.94. The van der Waals surface area contributed by atoms with Crippen LogP contribution in [0.15, 0.2) is 24.5 Å². The summed E-state index contributed by atoms with van der Waals surface area (Å²) in [4.78, 5) is 15.1. The molecule has 1 N–H and O–H groups in total. The molecule has 0 spiro atoms. The van der Waals surface area contributed by atoms with Crippen LogP contribution in [0.2, 0.25) is 0 Å². The molecule has 1 atom stereocenters. The van der Waals surface area contributed by atoms with E-state index in [1.807, 2.05) is 29.9 Å². The molecule has 0 radical (unpaired) electrons. The molecule has 2 aromatic heterocycles. The molecule has 2 aromatic rings. The monoisotopic (exact) mass is 218 g/mol. The lowest BCUT2D eigenvalue weighted by Gasteiger charge is -2.03. The Morgan fingerprint density at radius 1 is 1.62 bits per heavy atom. The molecule has 1 unspecified atom stereocenters. The van der Waals surface area contributed by atoms with Crippen molar-refractivity contribution in [3.8, 4) is 0 Å². The van der Waals surface area contributed by atoms with Crippen molar-refractivity contribution in [2.45, 2.75) is 13.3 Å². The first kappa shape index (κ1) is 10.7. The van der Waals surface area contributed by atoms with Crippen molar-refractivity contribution in [1.29, 1.82) is 0 Å². The van der Waals surface area contributed by atoms with Crippen molar-refractivity contribution in [1.82, 2.24) is 9.55 Å². The number of carboxylic acids is 1. The Bertz CT molecular complexity index is 531. The van der Waals surface area contributed by atoms with Crippen LogP contribution in [0, 0.1) is 5.92 Å². The summed E-state index contributed by atoms with van der Waals surface area (Å²) in [6.07, 6.45) is 4.24. The highest BCUT2D eigenvalue weighted by molar-refractivity contribution is 5.81. The molecule has 0 fully saturated rings. The van der Waals surface area contributed by atoms with Gasteiger partial charge in [-0.25, -0.2) is 4.98 Å². The molecule has 0 aliphatic rings. The zero-order valence-corrected chi connectivity index (χ0v) is 9.34. The van der Waals surface area contributed by atoms with Crippen LogP contribution in [0.25, 0.3) is 11.0 Å². The predicted octanol–water partition coefficient (Wildman–Crippen LogP) is 1.84. The summed E-state index contributed by atoms with van der Waals surface area (Å²) >= 11 is 0. The van der Waals surface area contributed by atoms with Crippen LogP contribution in [0.3, 0.4) is 0 Å². The molecule has 0 saturated heterocycles. The third-order valence-electron chi connectivity index (χ3n) is 2.76. The minimum atomic E-state index is -0.763. The molecule has 2 heterocycles. The maximum atomic E-state index is 10.8. The van der Waals surface area contributed by atoms with E-state index in [0.29, 0.717) is 6.42 Å². The average molecular weight is 218 g/mol. The number of hydrogen-bond donors (Lipinski definition) is 1. The van der Waals surface area contributed by atoms with E-state index >= 15 is 0 Å². The SMILES string of the molecule is CC(Cc1cn(C)c2ncccc12)C(=O)O. The average Bonchev–Trinajstić information content (AvgIpc) is 2.57. The van der Waals surface area contributed by atoms with Gasteiger partial charge in [-0.15, -0.1) is 0 Å². The lowest BCUT2D eigenvalue weighted by atomic mass is 10.0. The lowest BCUT2D eigenvalue weighted by Crippen LogP contribution is -2.11. The van der Waals surface area contributed by atoms with E-state index in [0.717, 1.165) is 16.6 Å². The number of aromatic nitrogens is 2. The number of carboxylic acid groups (broad SMARTS) is 1. The van der Waals surface area contributed by atoms with E-state index < -0.39 is 5.97 Å². The summed E-state index contributed by atoms with van der Waals surface area (Å²) in [7, 11) is 1.92. The Balaban J connectivity index is 2.42. The molecule has 0 aliphatic carbocycles. The van der Waals surface area contributed by atoms with Gasteiger partial charge in [0, 0.05) is 24.8 Å². The van der Waals surface area contributed by atoms with Gasteiger partial charge in [0.25, 0.3) is 0 Å². The maximum Gasteiger partial charge on any atom is 0.306 e. The number of hydrogen-bond acceptors (Lipinski definition) is 2. The molecule has 0 saturated carbocycles. The Morgan fingerprint density at radius 2 is 2.38 bits per heavy atom. The second-order valence-electron chi connectivity index (χ2n) is 4.08. The van der Waals surface area contributed by atoms with Gasteiger partial charge in [-0.2, -0.15) is 0 Å². The molecule has 0 aromatic carbocycles. The normalized spacial score (nSPS) is 12.9. The topological polar surface area (TPSA) is 55.1 Å². The van der Waals surface area contributed by atoms with Crippen molar-refractivity contribution in [2.24, 2.45) is 13.0 Å². The zero-order chi connectivity index (χ0) is 11.7. The van der Waals surface area contributed by atoms with E-state index in [1.54, 1.807) is 13.1 Å². The molecule has 16 heavy (non-hydrogen) atoms. The van der Waals surface area contributed by atoms with E-state index in [4.69, 9.17) is 5.11 Å². The first-order chi connectivity index (χ1) is 7.59. The fourth-order valence-electron chi connectivity index (χ4n) is 1.87. The third-order valence-corrected chi connectivity index (χ3v) is 2.76. The Labute approximate surface area is 93.5 Å². The van der Waals surface area contributed by atoms with Crippen LogP contribution >= 0.6 is 0 Å². The third kappa shape index (κ3) is 1.78. The van der Waals surface area contributed by atoms with Crippen molar-refractivity contribution in [2.75, 3.05) is 0 Å². The van der Waals surface area contributed by atoms with Crippen molar-refractivity contribution < 1.29 is 9.90 Å². The minimum Gasteiger partial charge on any atom is -0.481 e. The standard InChI is InChI=1S/C12H14N2O2/c1-8(12(15)16)6-9-7-14(2)11-10(9)4-3-5-13-11/h3-5,7-8H,6H2,1-2H3,(H,15,16). The van der Waals surface area contributed by atoms with E-state index in [-0.39, 0.29) is 5.92 Å². The summed E-state index contributed by atoms with van der Waals surface area (Å²) in [6, 6.07) is 3.85.